The van der Waals surface area contributed by atoms with Crippen LogP contribution in [0.5, 0.6) is 5.75 Å². The van der Waals surface area contributed by atoms with Gasteiger partial charge in [0.2, 0.25) is 11.8 Å². The predicted molar refractivity (Wildman–Crippen MR) is 97.2 cm³/mol. The Kier molecular flexibility index (Phi) is 6.68. The van der Waals surface area contributed by atoms with Crippen LogP contribution < -0.4 is 15.8 Å². The number of rotatable bonds is 8. The van der Waals surface area contributed by atoms with E-state index in [0.29, 0.717) is 23.6 Å². The van der Waals surface area contributed by atoms with Gasteiger partial charge in [0.05, 0.1) is 18.8 Å². The molecule has 1 unspecified atom stereocenters. The zero-order chi connectivity index (χ0) is 19.1. The van der Waals surface area contributed by atoms with Crippen molar-refractivity contribution in [1.82, 2.24) is 4.90 Å². The molecule has 0 aliphatic carbocycles. The Balaban J connectivity index is 2.10. The minimum absolute atomic E-state index is 0.107. The van der Waals surface area contributed by atoms with Gasteiger partial charge in [0, 0.05) is 0 Å². The molecule has 0 fully saturated rings. The number of ether oxygens (including phenoxy) is 1. The lowest BCUT2D eigenvalue weighted by Gasteiger charge is -2.25. The van der Waals surface area contributed by atoms with Crippen molar-refractivity contribution in [3.8, 4) is 5.75 Å². The Morgan fingerprint density at radius 1 is 1.23 bits per heavy atom. The van der Waals surface area contributed by atoms with Crippen LogP contribution in [0, 0.1) is 5.82 Å². The Hall–Kier alpha value is -2.93. The summed E-state index contributed by atoms with van der Waals surface area (Å²) in [5.74, 6) is -0.928. The van der Waals surface area contributed by atoms with Crippen molar-refractivity contribution in [3.05, 3.63) is 59.9 Å². The highest BCUT2D eigenvalue weighted by atomic mass is 19.1. The summed E-state index contributed by atoms with van der Waals surface area (Å²) in [4.78, 5) is 25.7. The molecule has 0 aromatic heterocycles. The molecule has 7 heteroatoms. The molecule has 2 rings (SSSR count). The molecule has 0 radical (unpaired) electrons. The van der Waals surface area contributed by atoms with Crippen LogP contribution in [0.3, 0.4) is 0 Å². The molecule has 3 N–H and O–H groups in total. The lowest BCUT2D eigenvalue weighted by atomic mass is 10.0. The molecule has 138 valence electrons. The molecule has 0 aliphatic heterocycles. The van der Waals surface area contributed by atoms with Crippen LogP contribution in [-0.2, 0) is 9.59 Å². The molecule has 6 nitrogen and oxygen atoms in total. The first-order chi connectivity index (χ1) is 12.4. The molecule has 0 aliphatic rings. The van der Waals surface area contributed by atoms with Crippen molar-refractivity contribution in [3.63, 3.8) is 0 Å². The minimum atomic E-state index is -0.918. The number of primary amides is 1. The second-order valence-electron chi connectivity index (χ2n) is 5.75. The minimum Gasteiger partial charge on any atom is -0.492 e. The number of anilines is 1. The standard InChI is InChI=1S/C19H22FN3O3/c1-3-26-16-10-5-4-9-15(16)22-17(24)12-23(2)18(19(21)25)13-7-6-8-14(20)11-13/h4-11,18H,3,12H2,1-2H3,(H2,21,25)(H,22,24). The van der Waals surface area contributed by atoms with E-state index in [1.807, 2.05) is 6.92 Å². The highest BCUT2D eigenvalue weighted by Crippen LogP contribution is 2.24. The summed E-state index contributed by atoms with van der Waals surface area (Å²) < 4.78 is 18.9. The van der Waals surface area contributed by atoms with E-state index >= 15 is 0 Å². The summed E-state index contributed by atoms with van der Waals surface area (Å²) in [7, 11) is 1.58. The largest absolute Gasteiger partial charge is 0.492 e. The molecule has 0 heterocycles. The average Bonchev–Trinajstić information content (AvgIpc) is 2.56. The van der Waals surface area contributed by atoms with E-state index < -0.39 is 17.8 Å². The Labute approximate surface area is 151 Å². The molecule has 0 saturated carbocycles. The average molecular weight is 359 g/mol. The molecule has 26 heavy (non-hydrogen) atoms. The van der Waals surface area contributed by atoms with Crippen LogP contribution in [0.25, 0.3) is 0 Å². The molecule has 2 amide bonds. The topological polar surface area (TPSA) is 84.7 Å². The second-order valence-corrected chi connectivity index (χ2v) is 5.75. The molecule has 0 bridgehead atoms. The number of nitrogens with zero attached hydrogens (tertiary/aromatic N) is 1. The maximum atomic E-state index is 13.5. The number of carbonyl (C=O) groups excluding carboxylic acids is 2. The first-order valence-corrected chi connectivity index (χ1v) is 8.19. The number of hydrogen-bond donors (Lipinski definition) is 2. The van der Waals surface area contributed by atoms with Crippen molar-refractivity contribution in [2.24, 2.45) is 5.73 Å². The molecule has 2 aromatic carbocycles. The number of nitrogens with one attached hydrogen (secondary N) is 1. The van der Waals surface area contributed by atoms with Crippen molar-refractivity contribution < 1.29 is 18.7 Å². The second kappa shape index (κ2) is 8.96. The number of benzene rings is 2. The molecule has 1 atom stereocenters. The summed E-state index contributed by atoms with van der Waals surface area (Å²) in [5, 5.41) is 2.75. The fourth-order valence-electron chi connectivity index (χ4n) is 2.67. The Bertz CT molecular complexity index is 782. The van der Waals surface area contributed by atoms with Gasteiger partial charge in [0.15, 0.2) is 0 Å². The zero-order valence-corrected chi connectivity index (χ0v) is 14.7. The summed E-state index contributed by atoms with van der Waals surface area (Å²) in [6.45, 7) is 2.21. The van der Waals surface area contributed by atoms with Gasteiger partial charge in [-0.25, -0.2) is 4.39 Å². The van der Waals surface area contributed by atoms with Gasteiger partial charge in [0.1, 0.15) is 17.6 Å². The summed E-state index contributed by atoms with van der Waals surface area (Å²) in [6, 6.07) is 11.7. The van der Waals surface area contributed by atoms with Crippen LogP contribution in [0.2, 0.25) is 0 Å². The summed E-state index contributed by atoms with van der Waals surface area (Å²) in [6.07, 6.45) is 0. The number of para-hydroxylation sites is 2. The van der Waals surface area contributed by atoms with E-state index in [1.54, 1.807) is 37.4 Å². The number of amides is 2. The van der Waals surface area contributed by atoms with Gasteiger partial charge in [-0.2, -0.15) is 0 Å². The van der Waals surface area contributed by atoms with E-state index in [9.17, 15) is 14.0 Å². The van der Waals surface area contributed by atoms with E-state index in [1.165, 1.54) is 23.1 Å². The third-order valence-electron chi connectivity index (χ3n) is 3.73. The van der Waals surface area contributed by atoms with Crippen LogP contribution in [0.1, 0.15) is 18.5 Å². The first-order valence-electron chi connectivity index (χ1n) is 8.19. The third kappa shape index (κ3) is 5.03. The fraction of sp³-hybridized carbons (Fsp3) is 0.263. The highest BCUT2D eigenvalue weighted by Gasteiger charge is 2.25. The van der Waals surface area contributed by atoms with E-state index in [4.69, 9.17) is 10.5 Å². The monoisotopic (exact) mass is 359 g/mol. The number of hydrogen-bond acceptors (Lipinski definition) is 4. The summed E-state index contributed by atoms with van der Waals surface area (Å²) >= 11 is 0. The molecular formula is C19H22FN3O3. The lowest BCUT2D eigenvalue weighted by molar-refractivity contribution is -0.124. The van der Waals surface area contributed by atoms with Crippen LogP contribution >= 0.6 is 0 Å². The van der Waals surface area contributed by atoms with Gasteiger partial charge < -0.3 is 15.8 Å². The zero-order valence-electron chi connectivity index (χ0n) is 14.7. The first kappa shape index (κ1) is 19.4. The van der Waals surface area contributed by atoms with Gasteiger partial charge in [-0.15, -0.1) is 0 Å². The fourth-order valence-corrected chi connectivity index (χ4v) is 2.67. The number of nitrogens with two attached hydrogens (primary N) is 1. The molecule has 0 spiro atoms. The predicted octanol–water partition coefficient (Wildman–Crippen LogP) is 2.32. The molecule has 2 aromatic rings. The van der Waals surface area contributed by atoms with Gasteiger partial charge in [-0.05, 0) is 43.8 Å². The van der Waals surface area contributed by atoms with E-state index in [0.717, 1.165) is 0 Å². The quantitative estimate of drug-likeness (QED) is 0.758. The third-order valence-corrected chi connectivity index (χ3v) is 3.73. The van der Waals surface area contributed by atoms with E-state index in [2.05, 4.69) is 5.32 Å². The van der Waals surface area contributed by atoms with Gasteiger partial charge >= 0.3 is 0 Å². The Morgan fingerprint density at radius 2 is 1.96 bits per heavy atom. The van der Waals surface area contributed by atoms with Crippen LogP contribution in [0.4, 0.5) is 10.1 Å². The van der Waals surface area contributed by atoms with Crippen molar-refractivity contribution in [1.29, 1.82) is 0 Å². The normalized spacial score (nSPS) is 11.8. The molecule has 0 saturated heterocycles. The van der Waals surface area contributed by atoms with Crippen LogP contribution in [-0.4, -0.2) is 36.9 Å². The Morgan fingerprint density at radius 3 is 2.62 bits per heavy atom. The number of halogens is 1. The molecular weight excluding hydrogens is 337 g/mol. The van der Waals surface area contributed by atoms with E-state index in [-0.39, 0.29) is 12.5 Å². The van der Waals surface area contributed by atoms with Crippen LogP contribution in [0.15, 0.2) is 48.5 Å². The number of likely N-dealkylation sites (N-methyl/N-ethyl adjacent to an activating group) is 1. The lowest BCUT2D eigenvalue weighted by Crippen LogP contribution is -2.39. The maximum Gasteiger partial charge on any atom is 0.239 e. The van der Waals surface area contributed by atoms with Crippen molar-refractivity contribution in [2.45, 2.75) is 13.0 Å². The van der Waals surface area contributed by atoms with Gasteiger partial charge in [-0.3, -0.25) is 14.5 Å². The van der Waals surface area contributed by atoms with Crippen molar-refractivity contribution >= 4 is 17.5 Å². The maximum absolute atomic E-state index is 13.5. The number of carbonyl (C=O) groups is 2. The van der Waals surface area contributed by atoms with Crippen molar-refractivity contribution in [2.75, 3.05) is 25.5 Å². The smallest absolute Gasteiger partial charge is 0.239 e. The van der Waals surface area contributed by atoms with Gasteiger partial charge in [-0.1, -0.05) is 24.3 Å². The highest BCUT2D eigenvalue weighted by molar-refractivity contribution is 5.94. The summed E-state index contributed by atoms with van der Waals surface area (Å²) in [5.41, 5.74) is 6.38. The SMILES string of the molecule is CCOc1ccccc1NC(=O)CN(C)C(C(N)=O)c1cccc(F)c1. The van der Waals surface area contributed by atoms with Gasteiger partial charge in [0.25, 0.3) is 0 Å².